The first-order valence-corrected chi connectivity index (χ1v) is 9.38. The number of ether oxygens (including phenoxy) is 1. The van der Waals surface area contributed by atoms with Crippen LogP contribution in [-0.4, -0.2) is 28.0 Å². The molecule has 2 aromatic carbocycles. The summed E-state index contributed by atoms with van der Waals surface area (Å²) in [4.78, 5) is 38.9. The van der Waals surface area contributed by atoms with Gasteiger partial charge in [0.2, 0.25) is 5.78 Å². The van der Waals surface area contributed by atoms with E-state index in [1.807, 2.05) is 6.92 Å². The average molecular weight is 406 g/mol. The average Bonchev–Trinajstić information content (AvgIpc) is 2.71. The first kappa shape index (κ1) is 20.9. The van der Waals surface area contributed by atoms with Crippen molar-refractivity contribution in [3.63, 3.8) is 0 Å². The number of anilines is 1. The number of pyridine rings is 1. The molecule has 30 heavy (non-hydrogen) atoms. The minimum atomic E-state index is -0.752. The fourth-order valence-corrected chi connectivity index (χ4v) is 3.09. The van der Waals surface area contributed by atoms with Crippen LogP contribution < -0.4 is 11.3 Å². The van der Waals surface area contributed by atoms with Crippen molar-refractivity contribution in [3.05, 3.63) is 86.7 Å². The summed E-state index contributed by atoms with van der Waals surface area (Å²) in [7, 11) is 0. The predicted molar refractivity (Wildman–Crippen MR) is 113 cm³/mol. The number of aromatic nitrogens is 1. The normalized spacial score (nSPS) is 10.6. The van der Waals surface area contributed by atoms with E-state index in [9.17, 15) is 19.5 Å². The maximum atomic E-state index is 13.2. The molecular weight excluding hydrogens is 384 g/mol. The maximum absolute atomic E-state index is 13.2. The Labute approximate surface area is 173 Å². The minimum absolute atomic E-state index is 0.0397. The molecule has 7 nitrogen and oxygen atoms in total. The Bertz CT molecular complexity index is 1190. The first-order chi connectivity index (χ1) is 14.2. The van der Waals surface area contributed by atoms with Crippen LogP contribution in [0.1, 0.15) is 44.3 Å². The number of carbonyl (C=O) groups excluding carboxylic acids is 2. The van der Waals surface area contributed by atoms with Gasteiger partial charge in [0, 0.05) is 0 Å². The zero-order valence-electron chi connectivity index (χ0n) is 16.9. The van der Waals surface area contributed by atoms with Crippen molar-refractivity contribution in [2.24, 2.45) is 0 Å². The van der Waals surface area contributed by atoms with Gasteiger partial charge >= 0.3 is 5.97 Å². The maximum Gasteiger partial charge on any atom is 0.341 e. The van der Waals surface area contributed by atoms with Crippen LogP contribution in [0.3, 0.4) is 0 Å². The number of nitrogens with zero attached hydrogens (tertiary/aromatic N) is 1. The van der Waals surface area contributed by atoms with Crippen LogP contribution in [0.4, 0.5) is 5.82 Å². The molecule has 0 saturated heterocycles. The van der Waals surface area contributed by atoms with Crippen molar-refractivity contribution >= 4 is 17.6 Å². The molecule has 0 aliphatic rings. The van der Waals surface area contributed by atoms with Gasteiger partial charge in [-0.3, -0.25) is 14.2 Å². The lowest BCUT2D eigenvalue weighted by Crippen LogP contribution is -2.30. The molecule has 0 saturated carbocycles. The molecule has 1 heterocycles. The van der Waals surface area contributed by atoms with Gasteiger partial charge in [0.15, 0.2) is 0 Å². The molecule has 0 aliphatic heterocycles. The highest BCUT2D eigenvalue weighted by Gasteiger charge is 2.25. The summed E-state index contributed by atoms with van der Waals surface area (Å²) in [5.41, 5.74) is 7.11. The molecule has 3 N–H and O–H groups in total. The van der Waals surface area contributed by atoms with E-state index in [0.717, 1.165) is 21.8 Å². The van der Waals surface area contributed by atoms with Crippen molar-refractivity contribution < 1.29 is 19.4 Å². The quantitative estimate of drug-likeness (QED) is 0.497. The molecule has 0 unspecified atom stereocenters. The van der Waals surface area contributed by atoms with E-state index in [1.165, 1.54) is 12.1 Å². The zero-order chi connectivity index (χ0) is 22.0. The molecule has 0 radical (unpaired) electrons. The summed E-state index contributed by atoms with van der Waals surface area (Å²) in [5.74, 6) is -1.86. The van der Waals surface area contributed by atoms with Gasteiger partial charge in [0.05, 0.1) is 23.4 Å². The van der Waals surface area contributed by atoms with Crippen LogP contribution in [-0.2, 0) is 4.74 Å². The highest BCUT2D eigenvalue weighted by atomic mass is 16.5. The number of phenolic OH excluding ortho intramolecular Hbond substituents is 1. The van der Waals surface area contributed by atoms with Gasteiger partial charge < -0.3 is 15.6 Å². The fraction of sp³-hybridized carbons (Fsp3) is 0.174. The van der Waals surface area contributed by atoms with Gasteiger partial charge in [-0.15, -0.1) is 0 Å². The fourth-order valence-electron chi connectivity index (χ4n) is 3.09. The van der Waals surface area contributed by atoms with Crippen LogP contribution in [0.5, 0.6) is 5.75 Å². The molecule has 1 aromatic heterocycles. The Kier molecular flexibility index (Phi) is 5.73. The number of phenols is 1. The van der Waals surface area contributed by atoms with E-state index in [0.29, 0.717) is 5.69 Å². The van der Waals surface area contributed by atoms with Crippen LogP contribution in [0.2, 0.25) is 0 Å². The number of hydrogen-bond acceptors (Lipinski definition) is 6. The SMILES string of the molecule is CCOC(=O)c1cc(C(=O)c2cc(C)ccc2O)c(=O)n(-c2ccc(C)cc2)c1N. The molecular formula is C23H22N2O5. The highest BCUT2D eigenvalue weighted by Crippen LogP contribution is 2.24. The molecule has 3 rings (SSSR count). The number of aryl methyl sites for hydroxylation is 2. The number of nitrogen functional groups attached to an aromatic ring is 1. The summed E-state index contributed by atoms with van der Waals surface area (Å²) < 4.78 is 6.15. The monoisotopic (exact) mass is 406 g/mol. The van der Waals surface area contributed by atoms with Crippen molar-refractivity contribution in [1.82, 2.24) is 4.57 Å². The van der Waals surface area contributed by atoms with Crippen molar-refractivity contribution in [2.75, 3.05) is 12.3 Å². The molecule has 0 amide bonds. The highest BCUT2D eigenvalue weighted by molar-refractivity contribution is 6.12. The van der Waals surface area contributed by atoms with E-state index in [2.05, 4.69) is 0 Å². The molecule has 7 heteroatoms. The standard InChI is InChI=1S/C23H22N2O5/c1-4-30-23(29)18-12-17(20(27)16-11-14(3)7-10-19(16)26)22(28)25(21(18)24)15-8-5-13(2)6-9-15/h5-12,26H,4,24H2,1-3H3. The van der Waals surface area contributed by atoms with E-state index in [-0.39, 0.29) is 34.9 Å². The van der Waals surface area contributed by atoms with Crippen LogP contribution in [0, 0.1) is 13.8 Å². The molecule has 0 bridgehead atoms. The third-order valence-corrected chi connectivity index (χ3v) is 4.67. The van der Waals surface area contributed by atoms with Crippen molar-refractivity contribution in [3.8, 4) is 11.4 Å². The Morgan fingerprint density at radius 2 is 1.60 bits per heavy atom. The second-order valence-corrected chi connectivity index (χ2v) is 6.90. The number of rotatable bonds is 5. The Morgan fingerprint density at radius 3 is 2.23 bits per heavy atom. The summed E-state index contributed by atoms with van der Waals surface area (Å²) in [5, 5.41) is 10.1. The third-order valence-electron chi connectivity index (χ3n) is 4.67. The van der Waals surface area contributed by atoms with E-state index < -0.39 is 17.3 Å². The summed E-state index contributed by atoms with van der Waals surface area (Å²) >= 11 is 0. The minimum Gasteiger partial charge on any atom is -0.507 e. The molecule has 3 aromatic rings. The van der Waals surface area contributed by atoms with Gasteiger partial charge in [0.1, 0.15) is 17.1 Å². The Hall–Kier alpha value is -3.87. The number of carbonyl (C=O) groups is 2. The van der Waals surface area contributed by atoms with Gasteiger partial charge in [0.25, 0.3) is 5.56 Å². The van der Waals surface area contributed by atoms with Crippen LogP contribution in [0.15, 0.2) is 53.3 Å². The Balaban J connectivity index is 2.31. The molecule has 0 spiro atoms. The second kappa shape index (κ2) is 8.24. The predicted octanol–water partition coefficient (Wildman–Crippen LogP) is 3.15. The number of hydrogen-bond donors (Lipinski definition) is 2. The van der Waals surface area contributed by atoms with E-state index in [4.69, 9.17) is 10.5 Å². The smallest absolute Gasteiger partial charge is 0.341 e. The topological polar surface area (TPSA) is 112 Å². The number of benzene rings is 2. The van der Waals surface area contributed by atoms with Gasteiger partial charge in [-0.1, -0.05) is 29.3 Å². The molecule has 0 aliphatic carbocycles. The van der Waals surface area contributed by atoms with E-state index in [1.54, 1.807) is 44.2 Å². The molecule has 154 valence electrons. The number of ketones is 1. The van der Waals surface area contributed by atoms with E-state index >= 15 is 0 Å². The number of nitrogens with two attached hydrogens (primary N) is 1. The molecule has 0 atom stereocenters. The van der Waals surface area contributed by atoms with Crippen molar-refractivity contribution in [1.29, 1.82) is 0 Å². The van der Waals surface area contributed by atoms with Gasteiger partial charge in [-0.05, 0) is 51.1 Å². The largest absolute Gasteiger partial charge is 0.507 e. The summed E-state index contributed by atoms with van der Waals surface area (Å²) in [6, 6.07) is 12.5. The first-order valence-electron chi connectivity index (χ1n) is 9.38. The lowest BCUT2D eigenvalue weighted by atomic mass is 10.00. The lowest BCUT2D eigenvalue weighted by molar-refractivity contribution is 0.0527. The number of esters is 1. The van der Waals surface area contributed by atoms with Crippen molar-refractivity contribution in [2.45, 2.75) is 20.8 Å². The summed E-state index contributed by atoms with van der Waals surface area (Å²) in [6.45, 7) is 5.39. The molecule has 0 fully saturated rings. The van der Waals surface area contributed by atoms with Crippen LogP contribution in [0.25, 0.3) is 5.69 Å². The second-order valence-electron chi connectivity index (χ2n) is 6.90. The lowest BCUT2D eigenvalue weighted by Gasteiger charge is -2.16. The number of aromatic hydroxyl groups is 1. The van der Waals surface area contributed by atoms with Gasteiger partial charge in [-0.25, -0.2) is 4.79 Å². The summed E-state index contributed by atoms with van der Waals surface area (Å²) in [6.07, 6.45) is 0. The Morgan fingerprint density at radius 1 is 0.967 bits per heavy atom. The third kappa shape index (κ3) is 3.82. The zero-order valence-corrected chi connectivity index (χ0v) is 16.9. The van der Waals surface area contributed by atoms with Gasteiger partial charge in [-0.2, -0.15) is 0 Å². The van der Waals surface area contributed by atoms with Crippen LogP contribution >= 0.6 is 0 Å².